The third-order valence-electron chi connectivity index (χ3n) is 5.17. The molecule has 1 heterocycles. The highest BCUT2D eigenvalue weighted by Gasteiger charge is 2.51. The van der Waals surface area contributed by atoms with E-state index in [2.05, 4.69) is 50.2 Å². The molecular formula is C18H35N3O. The average molecular weight is 309 g/mol. The molecule has 2 N–H and O–H groups in total. The molecule has 128 valence electrons. The third kappa shape index (κ3) is 3.83. The maximum atomic E-state index is 13.0. The first-order valence-electron chi connectivity index (χ1n) is 9.04. The van der Waals surface area contributed by atoms with Crippen molar-refractivity contribution < 1.29 is 4.79 Å². The minimum atomic E-state index is -0.227. The maximum Gasteiger partial charge on any atom is 0.241 e. The number of nitrogens with one attached hydrogen (secondary N) is 2. The number of piperazine rings is 1. The van der Waals surface area contributed by atoms with Crippen molar-refractivity contribution in [3.63, 3.8) is 0 Å². The van der Waals surface area contributed by atoms with E-state index >= 15 is 0 Å². The van der Waals surface area contributed by atoms with Crippen LogP contribution in [0, 0.1) is 0 Å². The first-order chi connectivity index (χ1) is 10.2. The fourth-order valence-corrected chi connectivity index (χ4v) is 3.95. The summed E-state index contributed by atoms with van der Waals surface area (Å²) in [7, 11) is 0. The zero-order valence-corrected chi connectivity index (χ0v) is 15.2. The van der Waals surface area contributed by atoms with Gasteiger partial charge in [0.25, 0.3) is 0 Å². The molecule has 1 aliphatic carbocycles. The molecule has 0 aromatic rings. The van der Waals surface area contributed by atoms with Gasteiger partial charge in [0.2, 0.25) is 5.91 Å². The van der Waals surface area contributed by atoms with Gasteiger partial charge in [-0.25, -0.2) is 0 Å². The van der Waals surface area contributed by atoms with Crippen LogP contribution in [0.25, 0.3) is 0 Å². The van der Waals surface area contributed by atoms with Gasteiger partial charge in [0.15, 0.2) is 0 Å². The molecule has 2 rings (SSSR count). The van der Waals surface area contributed by atoms with Crippen molar-refractivity contribution in [3.05, 3.63) is 0 Å². The molecule has 1 spiro atoms. The third-order valence-corrected chi connectivity index (χ3v) is 5.17. The van der Waals surface area contributed by atoms with Crippen LogP contribution in [-0.4, -0.2) is 47.1 Å². The van der Waals surface area contributed by atoms with Crippen molar-refractivity contribution in [2.24, 2.45) is 0 Å². The normalized spacial score (nSPS) is 29.6. The second-order valence-electron chi connectivity index (χ2n) is 8.63. The quantitative estimate of drug-likeness (QED) is 0.839. The van der Waals surface area contributed by atoms with Crippen LogP contribution in [0.4, 0.5) is 0 Å². The van der Waals surface area contributed by atoms with Crippen LogP contribution in [0.3, 0.4) is 0 Å². The Balaban J connectivity index is 2.15. The van der Waals surface area contributed by atoms with E-state index in [-0.39, 0.29) is 22.5 Å². The number of carbonyl (C=O) groups is 1. The summed E-state index contributed by atoms with van der Waals surface area (Å²) in [6, 6.07) is 0. The maximum absolute atomic E-state index is 13.0. The van der Waals surface area contributed by atoms with E-state index in [1.165, 1.54) is 19.3 Å². The molecule has 0 aromatic carbocycles. The Labute approximate surface area is 136 Å². The van der Waals surface area contributed by atoms with Gasteiger partial charge in [0.1, 0.15) is 5.54 Å². The SMILES string of the molecule is CCCN1CC(C)(CNC(C)(C)C)NC(=O)C12CCCCC2. The summed E-state index contributed by atoms with van der Waals surface area (Å²) in [6.45, 7) is 13.7. The molecule has 1 saturated heterocycles. The van der Waals surface area contributed by atoms with E-state index in [0.29, 0.717) is 0 Å². The van der Waals surface area contributed by atoms with Crippen LogP contribution in [0.2, 0.25) is 0 Å². The predicted octanol–water partition coefficient (Wildman–Crippen LogP) is 2.68. The van der Waals surface area contributed by atoms with Gasteiger partial charge < -0.3 is 10.6 Å². The average Bonchev–Trinajstić information content (AvgIpc) is 2.44. The standard InChI is InChI=1S/C18H35N3O/c1-6-12-21-14-17(5,13-19-16(2,3)4)20-15(22)18(21)10-8-7-9-11-18/h19H,6-14H2,1-5H3,(H,20,22). The van der Waals surface area contributed by atoms with Gasteiger partial charge in [-0.15, -0.1) is 0 Å². The highest BCUT2D eigenvalue weighted by Crippen LogP contribution is 2.38. The minimum absolute atomic E-state index is 0.0727. The summed E-state index contributed by atoms with van der Waals surface area (Å²) >= 11 is 0. The first-order valence-corrected chi connectivity index (χ1v) is 9.04. The molecule has 2 fully saturated rings. The minimum Gasteiger partial charge on any atom is -0.347 e. The number of carbonyl (C=O) groups excluding carboxylic acids is 1. The van der Waals surface area contributed by atoms with Crippen molar-refractivity contribution in [3.8, 4) is 0 Å². The fraction of sp³-hybridized carbons (Fsp3) is 0.944. The molecule has 1 unspecified atom stereocenters. The van der Waals surface area contributed by atoms with Crippen LogP contribution >= 0.6 is 0 Å². The van der Waals surface area contributed by atoms with Crippen LogP contribution in [0.15, 0.2) is 0 Å². The number of rotatable bonds is 4. The van der Waals surface area contributed by atoms with Crippen LogP contribution in [0.1, 0.15) is 73.1 Å². The summed E-state index contributed by atoms with van der Waals surface area (Å²) in [5, 5.41) is 6.94. The van der Waals surface area contributed by atoms with Crippen molar-refractivity contribution in [1.82, 2.24) is 15.5 Å². The van der Waals surface area contributed by atoms with E-state index in [0.717, 1.165) is 38.9 Å². The number of hydrogen-bond acceptors (Lipinski definition) is 3. The Morgan fingerprint density at radius 1 is 1.23 bits per heavy atom. The van der Waals surface area contributed by atoms with E-state index in [9.17, 15) is 4.79 Å². The van der Waals surface area contributed by atoms with Crippen LogP contribution in [0.5, 0.6) is 0 Å². The summed E-state index contributed by atoms with van der Waals surface area (Å²) in [6.07, 6.45) is 6.81. The van der Waals surface area contributed by atoms with Crippen LogP contribution in [-0.2, 0) is 4.79 Å². The van der Waals surface area contributed by atoms with Crippen molar-refractivity contribution in [2.45, 2.75) is 89.8 Å². The zero-order valence-electron chi connectivity index (χ0n) is 15.2. The predicted molar refractivity (Wildman–Crippen MR) is 92.0 cm³/mol. The molecular weight excluding hydrogens is 274 g/mol. The molecule has 4 nitrogen and oxygen atoms in total. The van der Waals surface area contributed by atoms with Crippen LogP contribution < -0.4 is 10.6 Å². The summed E-state index contributed by atoms with van der Waals surface area (Å²) < 4.78 is 0. The van der Waals surface area contributed by atoms with Crippen molar-refractivity contribution >= 4 is 5.91 Å². The topological polar surface area (TPSA) is 44.4 Å². The van der Waals surface area contributed by atoms with Gasteiger partial charge in [0.05, 0.1) is 5.54 Å². The lowest BCUT2D eigenvalue weighted by Gasteiger charge is -2.54. The monoisotopic (exact) mass is 309 g/mol. The molecule has 0 bridgehead atoms. The second kappa shape index (κ2) is 6.48. The Morgan fingerprint density at radius 3 is 2.41 bits per heavy atom. The second-order valence-corrected chi connectivity index (χ2v) is 8.63. The van der Waals surface area contributed by atoms with Gasteiger partial charge in [-0.2, -0.15) is 0 Å². The highest BCUT2D eigenvalue weighted by molar-refractivity contribution is 5.88. The smallest absolute Gasteiger partial charge is 0.241 e. The Kier molecular flexibility index (Phi) is 5.23. The van der Waals surface area contributed by atoms with Gasteiger partial charge in [-0.05, 0) is 53.5 Å². The lowest BCUT2D eigenvalue weighted by Crippen LogP contribution is -2.75. The zero-order chi connectivity index (χ0) is 16.4. The van der Waals surface area contributed by atoms with Gasteiger partial charge in [-0.1, -0.05) is 26.2 Å². The first kappa shape index (κ1) is 17.7. The number of amides is 1. The van der Waals surface area contributed by atoms with Gasteiger partial charge >= 0.3 is 0 Å². The molecule has 4 heteroatoms. The molecule has 1 saturated carbocycles. The number of hydrogen-bond donors (Lipinski definition) is 2. The summed E-state index contributed by atoms with van der Waals surface area (Å²) in [4.78, 5) is 15.5. The van der Waals surface area contributed by atoms with E-state index in [1.807, 2.05) is 0 Å². The molecule has 0 aromatic heterocycles. The largest absolute Gasteiger partial charge is 0.347 e. The summed E-state index contributed by atoms with van der Waals surface area (Å²) in [5.41, 5.74) is -0.332. The Morgan fingerprint density at radius 2 is 1.86 bits per heavy atom. The molecule has 2 aliphatic rings. The van der Waals surface area contributed by atoms with E-state index in [4.69, 9.17) is 0 Å². The molecule has 1 amide bonds. The number of nitrogens with zero attached hydrogens (tertiary/aromatic N) is 1. The Hall–Kier alpha value is -0.610. The summed E-state index contributed by atoms with van der Waals surface area (Å²) in [5.74, 6) is 0.269. The fourth-order valence-electron chi connectivity index (χ4n) is 3.95. The molecule has 1 atom stereocenters. The van der Waals surface area contributed by atoms with Gasteiger partial charge in [-0.3, -0.25) is 9.69 Å². The van der Waals surface area contributed by atoms with E-state index in [1.54, 1.807) is 0 Å². The van der Waals surface area contributed by atoms with Gasteiger partial charge in [0, 0.05) is 18.6 Å². The van der Waals surface area contributed by atoms with E-state index < -0.39 is 0 Å². The van der Waals surface area contributed by atoms with Crippen molar-refractivity contribution in [2.75, 3.05) is 19.6 Å². The molecule has 0 radical (unpaired) electrons. The Bertz CT molecular complexity index is 396. The lowest BCUT2D eigenvalue weighted by atomic mass is 9.75. The molecule has 22 heavy (non-hydrogen) atoms. The lowest BCUT2D eigenvalue weighted by molar-refractivity contribution is -0.146. The molecule has 1 aliphatic heterocycles. The van der Waals surface area contributed by atoms with Crippen molar-refractivity contribution in [1.29, 1.82) is 0 Å². The highest BCUT2D eigenvalue weighted by atomic mass is 16.2.